The lowest BCUT2D eigenvalue weighted by Gasteiger charge is -2.37. The lowest BCUT2D eigenvalue weighted by molar-refractivity contribution is 0.274. The molecular formula is C20H26BrNO2. The minimum Gasteiger partial charge on any atom is -0.440 e. The van der Waals surface area contributed by atoms with E-state index in [1.807, 2.05) is 13.0 Å². The Labute approximate surface area is 152 Å². The van der Waals surface area contributed by atoms with Gasteiger partial charge < -0.3 is 9.32 Å². The first-order chi connectivity index (χ1) is 11.4. The Morgan fingerprint density at radius 2 is 1.92 bits per heavy atom. The van der Waals surface area contributed by atoms with Gasteiger partial charge >= 0.3 is 0 Å². The average molecular weight is 392 g/mol. The van der Waals surface area contributed by atoms with Gasteiger partial charge in [-0.3, -0.25) is 4.79 Å². The molecule has 1 fully saturated rings. The molecule has 4 heteroatoms. The van der Waals surface area contributed by atoms with Crippen LogP contribution in [0.15, 0.2) is 27.4 Å². The number of fused-ring (bicyclic) bond motifs is 1. The lowest BCUT2D eigenvalue weighted by Crippen LogP contribution is -2.37. The fraction of sp³-hybridized carbons (Fsp3) is 0.550. The summed E-state index contributed by atoms with van der Waals surface area (Å²) in [7, 11) is 0. The summed E-state index contributed by atoms with van der Waals surface area (Å²) in [5.41, 5.74) is 3.48. The molecule has 24 heavy (non-hydrogen) atoms. The van der Waals surface area contributed by atoms with Crippen molar-refractivity contribution >= 4 is 32.8 Å². The van der Waals surface area contributed by atoms with E-state index >= 15 is 0 Å². The van der Waals surface area contributed by atoms with E-state index in [0.717, 1.165) is 66.7 Å². The van der Waals surface area contributed by atoms with Crippen LogP contribution >= 0.6 is 15.9 Å². The third-order valence-electron chi connectivity index (χ3n) is 5.05. The van der Waals surface area contributed by atoms with Crippen LogP contribution in [0.25, 0.3) is 11.0 Å². The Morgan fingerprint density at radius 3 is 2.58 bits per heavy atom. The number of rotatable bonds is 4. The second-order valence-electron chi connectivity index (χ2n) is 7.69. The van der Waals surface area contributed by atoms with Gasteiger partial charge in [0.2, 0.25) is 0 Å². The molecule has 1 aromatic carbocycles. The normalized spacial score (nSPS) is 17.4. The summed E-state index contributed by atoms with van der Waals surface area (Å²) < 4.78 is 6.24. The van der Waals surface area contributed by atoms with Crippen LogP contribution in [0.2, 0.25) is 0 Å². The van der Waals surface area contributed by atoms with Crippen LogP contribution in [0.1, 0.15) is 44.2 Å². The van der Waals surface area contributed by atoms with E-state index in [2.05, 4.69) is 40.7 Å². The van der Waals surface area contributed by atoms with Crippen LogP contribution in [0.3, 0.4) is 0 Å². The Hall–Kier alpha value is -1.29. The molecule has 2 aromatic rings. The van der Waals surface area contributed by atoms with Crippen LogP contribution in [0, 0.1) is 12.3 Å². The summed E-state index contributed by atoms with van der Waals surface area (Å²) in [6.07, 6.45) is 4.20. The molecule has 3 nitrogen and oxygen atoms in total. The average Bonchev–Trinajstić information content (AvgIpc) is 2.53. The molecule has 0 amide bonds. The third kappa shape index (κ3) is 3.69. The van der Waals surface area contributed by atoms with Gasteiger partial charge in [-0.05, 0) is 55.2 Å². The highest BCUT2D eigenvalue weighted by Gasteiger charge is 2.27. The maximum absolute atomic E-state index is 12.7. The van der Waals surface area contributed by atoms with Crippen LogP contribution in [0.4, 0.5) is 5.88 Å². The Balaban J connectivity index is 2.02. The number of nitrogens with zero attached hydrogens (tertiary/aromatic N) is 1. The van der Waals surface area contributed by atoms with E-state index in [0.29, 0.717) is 10.8 Å². The first-order valence-electron chi connectivity index (χ1n) is 8.78. The fourth-order valence-electron chi connectivity index (χ4n) is 3.41. The largest absolute Gasteiger partial charge is 0.440 e. The Morgan fingerprint density at radius 1 is 1.21 bits per heavy atom. The van der Waals surface area contributed by atoms with Crippen molar-refractivity contribution in [2.24, 2.45) is 5.41 Å². The fourth-order valence-corrected chi connectivity index (χ4v) is 3.69. The van der Waals surface area contributed by atoms with Crippen LogP contribution in [-0.4, -0.2) is 18.4 Å². The predicted molar refractivity (Wildman–Crippen MR) is 105 cm³/mol. The predicted octanol–water partition coefficient (Wildman–Crippen LogP) is 5.06. The van der Waals surface area contributed by atoms with Gasteiger partial charge in [-0.25, -0.2) is 0 Å². The summed E-state index contributed by atoms with van der Waals surface area (Å²) in [6, 6.07) is 5.77. The van der Waals surface area contributed by atoms with Crippen molar-refractivity contribution in [2.45, 2.75) is 46.5 Å². The zero-order valence-corrected chi connectivity index (χ0v) is 16.4. The molecule has 0 unspecified atom stereocenters. The van der Waals surface area contributed by atoms with Crippen molar-refractivity contribution in [1.82, 2.24) is 0 Å². The summed E-state index contributed by atoms with van der Waals surface area (Å²) in [6.45, 7) is 8.55. The van der Waals surface area contributed by atoms with Crippen LogP contribution < -0.4 is 10.3 Å². The van der Waals surface area contributed by atoms with Crippen molar-refractivity contribution in [1.29, 1.82) is 0 Å². The van der Waals surface area contributed by atoms with Crippen LogP contribution in [0.5, 0.6) is 0 Å². The summed E-state index contributed by atoms with van der Waals surface area (Å²) in [5.74, 6) is 0.729. The Bertz CT molecular complexity index is 784. The third-order valence-corrected chi connectivity index (χ3v) is 5.61. The number of alkyl halides is 1. The topological polar surface area (TPSA) is 33.5 Å². The van der Waals surface area contributed by atoms with Crippen LogP contribution in [-0.2, 0) is 6.42 Å². The first kappa shape index (κ1) is 17.5. The van der Waals surface area contributed by atoms with Gasteiger partial charge in [0.1, 0.15) is 5.58 Å². The molecule has 0 N–H and O–H groups in total. The summed E-state index contributed by atoms with van der Waals surface area (Å²) in [4.78, 5) is 14.9. The highest BCUT2D eigenvalue weighted by molar-refractivity contribution is 9.09. The van der Waals surface area contributed by atoms with E-state index in [1.54, 1.807) is 6.07 Å². The van der Waals surface area contributed by atoms with Gasteiger partial charge in [-0.2, -0.15) is 0 Å². The number of anilines is 1. The summed E-state index contributed by atoms with van der Waals surface area (Å²) >= 11 is 3.49. The van der Waals surface area contributed by atoms with Gasteiger partial charge in [0.05, 0.1) is 5.39 Å². The number of hydrogen-bond donors (Lipinski definition) is 0. The highest BCUT2D eigenvalue weighted by atomic mass is 79.9. The zero-order valence-electron chi connectivity index (χ0n) is 14.8. The quantitative estimate of drug-likeness (QED) is 0.683. The minimum atomic E-state index is 0.0693. The first-order valence-corrected chi connectivity index (χ1v) is 9.90. The lowest BCUT2D eigenvalue weighted by atomic mass is 9.83. The van der Waals surface area contributed by atoms with Crippen molar-refractivity contribution in [3.8, 4) is 0 Å². The van der Waals surface area contributed by atoms with E-state index in [-0.39, 0.29) is 5.43 Å². The molecule has 0 atom stereocenters. The monoisotopic (exact) mass is 391 g/mol. The van der Waals surface area contributed by atoms with Crippen molar-refractivity contribution < 1.29 is 4.42 Å². The highest BCUT2D eigenvalue weighted by Crippen LogP contribution is 2.33. The second-order valence-corrected chi connectivity index (χ2v) is 8.49. The zero-order chi connectivity index (χ0) is 17.3. The smallest absolute Gasteiger partial charge is 0.199 e. The molecule has 0 aliphatic carbocycles. The van der Waals surface area contributed by atoms with Gasteiger partial charge in [0, 0.05) is 24.5 Å². The van der Waals surface area contributed by atoms with E-state index in [9.17, 15) is 4.79 Å². The Kier molecular flexibility index (Phi) is 5.05. The molecule has 0 bridgehead atoms. The number of hydrogen-bond acceptors (Lipinski definition) is 3. The van der Waals surface area contributed by atoms with Crippen molar-refractivity contribution in [3.63, 3.8) is 0 Å². The maximum atomic E-state index is 12.7. The molecule has 0 spiro atoms. The van der Waals surface area contributed by atoms with Gasteiger partial charge in [0.25, 0.3) is 0 Å². The molecule has 1 saturated heterocycles. The van der Waals surface area contributed by atoms with E-state index < -0.39 is 0 Å². The van der Waals surface area contributed by atoms with Gasteiger partial charge in [-0.1, -0.05) is 35.8 Å². The molecule has 0 saturated carbocycles. The molecule has 1 aliphatic heterocycles. The molecule has 130 valence electrons. The molecule has 0 radical (unpaired) electrons. The number of halogens is 1. The minimum absolute atomic E-state index is 0.0693. The molecule has 1 aromatic heterocycles. The number of piperidine rings is 1. The molecule has 2 heterocycles. The van der Waals surface area contributed by atoms with E-state index in [4.69, 9.17) is 4.42 Å². The second kappa shape index (κ2) is 6.91. The molecular weight excluding hydrogens is 366 g/mol. The molecule has 1 aliphatic rings. The standard InChI is InChI=1S/C20H26BrNO2/c1-14-11-15(5-4-8-21)19-16(12-14)17(23)13-18(24-19)22-9-6-20(2,3)7-10-22/h11-13H,4-10H2,1-3H3. The molecule has 3 rings (SSSR count). The SMILES string of the molecule is Cc1cc(CCCBr)c2oc(N3CCC(C)(C)CC3)cc(=O)c2c1. The maximum Gasteiger partial charge on any atom is 0.199 e. The number of benzene rings is 1. The van der Waals surface area contributed by atoms with Crippen molar-refractivity contribution in [3.05, 3.63) is 39.5 Å². The van der Waals surface area contributed by atoms with E-state index in [1.165, 1.54) is 0 Å². The van der Waals surface area contributed by atoms with Gasteiger partial charge in [-0.15, -0.1) is 0 Å². The van der Waals surface area contributed by atoms with Crippen molar-refractivity contribution in [2.75, 3.05) is 23.3 Å². The van der Waals surface area contributed by atoms with Gasteiger partial charge in [0.15, 0.2) is 11.3 Å². The summed E-state index contributed by atoms with van der Waals surface area (Å²) in [5, 5.41) is 1.66. The number of aryl methyl sites for hydroxylation is 2.